The highest BCUT2D eigenvalue weighted by molar-refractivity contribution is 7.89. The van der Waals surface area contributed by atoms with Gasteiger partial charge in [0.2, 0.25) is 10.0 Å². The van der Waals surface area contributed by atoms with Gasteiger partial charge in [-0.25, -0.2) is 13.1 Å². The first-order valence-electron chi connectivity index (χ1n) is 7.50. The third kappa shape index (κ3) is 4.91. The van der Waals surface area contributed by atoms with Crippen molar-refractivity contribution in [2.24, 2.45) is 11.7 Å². The molecular weight excluding hydrogens is 338 g/mol. The van der Waals surface area contributed by atoms with Crippen LogP contribution in [0.1, 0.15) is 35.7 Å². The molecule has 4 N–H and O–H groups in total. The van der Waals surface area contributed by atoms with Crippen molar-refractivity contribution in [1.29, 1.82) is 0 Å². The summed E-state index contributed by atoms with van der Waals surface area (Å²) < 4.78 is 26.5. The number of rotatable bonds is 7. The number of sulfonamides is 1. The molecule has 1 aliphatic carbocycles. The number of halogens is 1. The Morgan fingerprint density at radius 2 is 2.04 bits per heavy atom. The zero-order valence-corrected chi connectivity index (χ0v) is 15.0. The van der Waals surface area contributed by atoms with Crippen LogP contribution >= 0.6 is 12.4 Å². The lowest BCUT2D eigenvalue weighted by molar-refractivity contribution is 0.0932. The highest BCUT2D eigenvalue weighted by Gasteiger charge is 2.31. The second kappa shape index (κ2) is 8.10. The predicted octanol–water partition coefficient (Wildman–Crippen LogP) is 1.18. The quantitative estimate of drug-likeness (QED) is 0.678. The van der Waals surface area contributed by atoms with Crippen LogP contribution in [0.3, 0.4) is 0 Å². The Morgan fingerprint density at radius 1 is 1.39 bits per heavy atom. The van der Waals surface area contributed by atoms with Gasteiger partial charge in [-0.05, 0) is 43.4 Å². The van der Waals surface area contributed by atoms with Gasteiger partial charge in [-0.15, -0.1) is 12.4 Å². The lowest BCUT2D eigenvalue weighted by Gasteiger charge is -2.17. The Hall–Kier alpha value is -1.15. The standard InChI is InChI=1S/C15H23N3O3S.ClH/c1-3-17-22(20,21)12-7-4-10(2)13(8-12)15(19)18-14(9-16)11-5-6-11;/h4,7-8,11,14,17H,3,5-6,9,16H2,1-2H3,(H,18,19);1H. The maximum atomic E-state index is 12.4. The van der Waals surface area contributed by atoms with Gasteiger partial charge >= 0.3 is 0 Å². The first kappa shape index (κ1) is 19.9. The van der Waals surface area contributed by atoms with Gasteiger partial charge in [-0.1, -0.05) is 13.0 Å². The van der Waals surface area contributed by atoms with E-state index in [4.69, 9.17) is 5.73 Å². The van der Waals surface area contributed by atoms with E-state index in [2.05, 4.69) is 10.0 Å². The molecule has 0 bridgehead atoms. The van der Waals surface area contributed by atoms with Crippen LogP contribution in [0, 0.1) is 12.8 Å². The predicted molar refractivity (Wildman–Crippen MR) is 92.3 cm³/mol. The van der Waals surface area contributed by atoms with Gasteiger partial charge < -0.3 is 11.1 Å². The van der Waals surface area contributed by atoms with Gasteiger partial charge in [0, 0.05) is 24.7 Å². The third-order valence-corrected chi connectivity index (χ3v) is 5.40. The van der Waals surface area contributed by atoms with E-state index in [1.807, 2.05) is 0 Å². The van der Waals surface area contributed by atoms with Gasteiger partial charge in [-0.3, -0.25) is 4.79 Å². The van der Waals surface area contributed by atoms with Crippen molar-refractivity contribution in [3.63, 3.8) is 0 Å². The van der Waals surface area contributed by atoms with Crippen molar-refractivity contribution in [3.8, 4) is 0 Å². The molecule has 1 aromatic rings. The molecule has 6 nitrogen and oxygen atoms in total. The summed E-state index contributed by atoms with van der Waals surface area (Å²) in [5, 5.41) is 2.92. The summed E-state index contributed by atoms with van der Waals surface area (Å²) in [6, 6.07) is 4.53. The Bertz CT molecular complexity index is 660. The minimum atomic E-state index is -3.58. The van der Waals surface area contributed by atoms with Crippen molar-refractivity contribution >= 4 is 28.3 Å². The second-order valence-electron chi connectivity index (χ2n) is 5.63. The van der Waals surface area contributed by atoms with Crippen LogP contribution in [0.2, 0.25) is 0 Å². The van der Waals surface area contributed by atoms with E-state index in [1.165, 1.54) is 12.1 Å². The average Bonchev–Trinajstić information content (AvgIpc) is 3.29. The minimum absolute atomic E-state index is 0. The summed E-state index contributed by atoms with van der Waals surface area (Å²) in [6.07, 6.45) is 2.16. The molecule has 1 aliphatic rings. The summed E-state index contributed by atoms with van der Waals surface area (Å²) in [4.78, 5) is 12.5. The fraction of sp³-hybridized carbons (Fsp3) is 0.533. The number of nitrogens with one attached hydrogen (secondary N) is 2. The summed E-state index contributed by atoms with van der Waals surface area (Å²) in [5.41, 5.74) is 6.81. The molecule has 0 spiro atoms. The fourth-order valence-electron chi connectivity index (χ4n) is 2.40. The van der Waals surface area contributed by atoms with E-state index in [0.29, 0.717) is 24.6 Å². The van der Waals surface area contributed by atoms with Gasteiger partial charge in [0.05, 0.1) is 4.90 Å². The number of amides is 1. The van der Waals surface area contributed by atoms with E-state index in [9.17, 15) is 13.2 Å². The number of aryl methyl sites for hydroxylation is 1. The summed E-state index contributed by atoms with van der Waals surface area (Å²) >= 11 is 0. The SMILES string of the molecule is CCNS(=O)(=O)c1ccc(C)c(C(=O)NC(CN)C2CC2)c1.Cl. The van der Waals surface area contributed by atoms with E-state index in [-0.39, 0.29) is 29.3 Å². The minimum Gasteiger partial charge on any atom is -0.348 e. The molecule has 1 aromatic carbocycles. The average molecular weight is 362 g/mol. The van der Waals surface area contributed by atoms with Crippen LogP contribution in [-0.2, 0) is 10.0 Å². The Balaban J connectivity index is 0.00000264. The van der Waals surface area contributed by atoms with Crippen molar-refractivity contribution in [2.45, 2.75) is 37.6 Å². The molecule has 0 aromatic heterocycles. The molecular formula is C15H24ClN3O3S. The maximum absolute atomic E-state index is 12.4. The molecule has 1 unspecified atom stereocenters. The fourth-order valence-corrected chi connectivity index (χ4v) is 3.47. The van der Waals surface area contributed by atoms with Crippen molar-refractivity contribution in [1.82, 2.24) is 10.0 Å². The van der Waals surface area contributed by atoms with E-state index >= 15 is 0 Å². The number of carbonyl (C=O) groups excluding carboxylic acids is 1. The Morgan fingerprint density at radius 3 is 2.57 bits per heavy atom. The molecule has 1 fully saturated rings. The maximum Gasteiger partial charge on any atom is 0.251 e. The largest absolute Gasteiger partial charge is 0.348 e. The normalized spacial score (nSPS) is 15.6. The summed E-state index contributed by atoms with van der Waals surface area (Å²) in [5.74, 6) is 0.177. The van der Waals surface area contributed by atoms with Crippen LogP contribution in [-0.4, -0.2) is 33.5 Å². The molecule has 0 saturated heterocycles. The van der Waals surface area contributed by atoms with Gasteiger partial charge in [0.15, 0.2) is 0 Å². The first-order chi connectivity index (χ1) is 10.4. The molecule has 0 aliphatic heterocycles. The molecule has 1 atom stereocenters. The van der Waals surface area contributed by atoms with E-state index in [0.717, 1.165) is 18.4 Å². The molecule has 2 rings (SSSR count). The summed E-state index contributed by atoms with van der Waals surface area (Å²) in [6.45, 7) is 4.19. The molecule has 0 heterocycles. The van der Waals surface area contributed by atoms with Crippen molar-refractivity contribution in [3.05, 3.63) is 29.3 Å². The van der Waals surface area contributed by atoms with Crippen LogP contribution in [0.5, 0.6) is 0 Å². The molecule has 1 saturated carbocycles. The Labute approximate surface area is 143 Å². The van der Waals surface area contributed by atoms with Crippen LogP contribution in [0.4, 0.5) is 0 Å². The highest BCUT2D eigenvalue weighted by Crippen LogP contribution is 2.32. The number of benzene rings is 1. The zero-order valence-electron chi connectivity index (χ0n) is 13.3. The molecule has 0 radical (unpaired) electrons. The number of nitrogens with two attached hydrogens (primary N) is 1. The lowest BCUT2D eigenvalue weighted by atomic mass is 10.1. The van der Waals surface area contributed by atoms with Crippen molar-refractivity contribution < 1.29 is 13.2 Å². The molecule has 1 amide bonds. The summed E-state index contributed by atoms with van der Waals surface area (Å²) in [7, 11) is -3.58. The highest BCUT2D eigenvalue weighted by atomic mass is 35.5. The number of carbonyl (C=O) groups is 1. The number of hydrogen-bond donors (Lipinski definition) is 3. The molecule has 130 valence electrons. The van der Waals surface area contributed by atoms with Crippen LogP contribution in [0.25, 0.3) is 0 Å². The van der Waals surface area contributed by atoms with Crippen molar-refractivity contribution in [2.75, 3.05) is 13.1 Å². The van der Waals surface area contributed by atoms with E-state index < -0.39 is 10.0 Å². The van der Waals surface area contributed by atoms with Crippen LogP contribution < -0.4 is 15.8 Å². The Kier molecular flexibility index (Phi) is 7.01. The topological polar surface area (TPSA) is 101 Å². The first-order valence-corrected chi connectivity index (χ1v) is 8.98. The molecule has 8 heteroatoms. The zero-order chi connectivity index (χ0) is 16.3. The monoisotopic (exact) mass is 361 g/mol. The lowest BCUT2D eigenvalue weighted by Crippen LogP contribution is -2.42. The van der Waals surface area contributed by atoms with Crippen LogP contribution in [0.15, 0.2) is 23.1 Å². The smallest absolute Gasteiger partial charge is 0.251 e. The van der Waals surface area contributed by atoms with Gasteiger partial charge in [0.25, 0.3) is 5.91 Å². The van der Waals surface area contributed by atoms with Gasteiger partial charge in [0.1, 0.15) is 0 Å². The third-order valence-electron chi connectivity index (χ3n) is 3.86. The number of hydrogen-bond acceptors (Lipinski definition) is 4. The second-order valence-corrected chi connectivity index (χ2v) is 7.40. The van der Waals surface area contributed by atoms with E-state index in [1.54, 1.807) is 19.9 Å². The van der Waals surface area contributed by atoms with Gasteiger partial charge in [-0.2, -0.15) is 0 Å². The molecule has 23 heavy (non-hydrogen) atoms.